The Morgan fingerprint density at radius 3 is 2.65 bits per heavy atom. The van der Waals surface area contributed by atoms with Crippen molar-refractivity contribution in [1.82, 2.24) is 15.2 Å². The number of thiophene rings is 1. The van der Waals surface area contributed by atoms with E-state index in [1.807, 2.05) is 55.5 Å². The number of amides is 1. The van der Waals surface area contributed by atoms with Gasteiger partial charge in [0, 0.05) is 35.6 Å². The van der Waals surface area contributed by atoms with Crippen LogP contribution in [0.1, 0.15) is 26.8 Å². The quantitative estimate of drug-likeness (QED) is 0.401. The van der Waals surface area contributed by atoms with Crippen LogP contribution in [-0.4, -0.2) is 48.6 Å². The summed E-state index contributed by atoms with van der Waals surface area (Å²) >= 11 is 1.71. The molecule has 1 N–H and O–H groups in total. The molecule has 0 radical (unpaired) electrons. The minimum Gasteiger partial charge on any atom is -0.436 e. The summed E-state index contributed by atoms with van der Waals surface area (Å²) in [5.74, 6) is 0.972. The molecule has 174 valence electrons. The van der Waals surface area contributed by atoms with Crippen molar-refractivity contribution in [2.75, 3.05) is 32.8 Å². The van der Waals surface area contributed by atoms with Crippen molar-refractivity contribution < 1.29 is 13.9 Å². The average molecular weight is 474 g/mol. The molecule has 0 saturated carbocycles. The Bertz CT molecular complexity index is 1230. The maximum Gasteiger partial charge on any atom is 0.252 e. The zero-order valence-corrected chi connectivity index (χ0v) is 19.9. The first-order valence-corrected chi connectivity index (χ1v) is 12.3. The van der Waals surface area contributed by atoms with Crippen LogP contribution < -0.4 is 5.32 Å². The minimum atomic E-state index is -0.138. The van der Waals surface area contributed by atoms with Crippen molar-refractivity contribution in [3.8, 4) is 22.8 Å². The summed E-state index contributed by atoms with van der Waals surface area (Å²) in [5.41, 5.74) is 3.36. The predicted molar refractivity (Wildman–Crippen MR) is 134 cm³/mol. The number of morpholine rings is 1. The first-order valence-electron chi connectivity index (χ1n) is 11.4. The fourth-order valence-electron chi connectivity index (χ4n) is 4.18. The number of carbonyl (C=O) groups is 1. The lowest BCUT2D eigenvalue weighted by Crippen LogP contribution is -2.43. The highest BCUT2D eigenvalue weighted by atomic mass is 32.1. The third kappa shape index (κ3) is 4.97. The van der Waals surface area contributed by atoms with E-state index in [0.717, 1.165) is 18.7 Å². The lowest BCUT2D eigenvalue weighted by atomic mass is 10.1. The summed E-state index contributed by atoms with van der Waals surface area (Å²) < 4.78 is 11.6. The molecule has 3 heterocycles. The maximum atomic E-state index is 13.3. The third-order valence-electron chi connectivity index (χ3n) is 6.06. The normalized spacial score (nSPS) is 15.2. The summed E-state index contributed by atoms with van der Waals surface area (Å²) in [7, 11) is 0. The first kappa shape index (κ1) is 22.5. The van der Waals surface area contributed by atoms with Crippen LogP contribution in [0.5, 0.6) is 0 Å². The van der Waals surface area contributed by atoms with E-state index in [4.69, 9.17) is 9.15 Å². The number of ether oxygens (including phenoxy) is 1. The van der Waals surface area contributed by atoms with Crippen LogP contribution in [0, 0.1) is 6.92 Å². The third-order valence-corrected chi connectivity index (χ3v) is 7.03. The molecule has 1 fully saturated rings. The van der Waals surface area contributed by atoms with E-state index in [0.29, 0.717) is 42.5 Å². The zero-order chi connectivity index (χ0) is 23.3. The number of benzene rings is 2. The van der Waals surface area contributed by atoms with Crippen LogP contribution in [0.4, 0.5) is 0 Å². The van der Waals surface area contributed by atoms with Gasteiger partial charge in [-0.2, -0.15) is 0 Å². The van der Waals surface area contributed by atoms with Crippen molar-refractivity contribution in [3.63, 3.8) is 0 Å². The molecule has 2 aromatic heterocycles. The van der Waals surface area contributed by atoms with Gasteiger partial charge in [-0.05, 0) is 30.5 Å². The Labute approximate surface area is 203 Å². The zero-order valence-electron chi connectivity index (χ0n) is 19.1. The number of nitrogens with one attached hydrogen (secondary N) is 1. The molecule has 1 unspecified atom stereocenters. The van der Waals surface area contributed by atoms with Gasteiger partial charge in [-0.1, -0.05) is 48.0 Å². The Kier molecular flexibility index (Phi) is 6.85. The summed E-state index contributed by atoms with van der Waals surface area (Å²) in [6.07, 6.45) is 1.71. The van der Waals surface area contributed by atoms with Crippen molar-refractivity contribution in [2.45, 2.75) is 13.0 Å². The number of carbonyl (C=O) groups excluding carboxylic acids is 1. The van der Waals surface area contributed by atoms with Gasteiger partial charge in [0.05, 0.1) is 31.0 Å². The highest BCUT2D eigenvalue weighted by Crippen LogP contribution is 2.29. The van der Waals surface area contributed by atoms with Crippen LogP contribution in [0.3, 0.4) is 0 Å². The van der Waals surface area contributed by atoms with Crippen LogP contribution >= 0.6 is 11.3 Å². The number of nitrogens with zero attached hydrogens (tertiary/aromatic N) is 2. The summed E-state index contributed by atoms with van der Waals surface area (Å²) in [6.45, 7) is 5.71. The van der Waals surface area contributed by atoms with Crippen LogP contribution in [0.25, 0.3) is 22.8 Å². The first-order chi connectivity index (χ1) is 16.7. The van der Waals surface area contributed by atoms with Crippen LogP contribution in [-0.2, 0) is 4.74 Å². The molecule has 1 aliphatic rings. The van der Waals surface area contributed by atoms with Crippen molar-refractivity contribution in [3.05, 3.63) is 88.2 Å². The lowest BCUT2D eigenvalue weighted by molar-refractivity contribution is 0.0169. The van der Waals surface area contributed by atoms with Gasteiger partial charge in [0.1, 0.15) is 0 Å². The molecule has 6 nitrogen and oxygen atoms in total. The highest BCUT2D eigenvalue weighted by Gasteiger charge is 2.25. The second-order valence-electron chi connectivity index (χ2n) is 8.33. The molecule has 1 atom stereocenters. The molecular weight excluding hydrogens is 446 g/mol. The standard InChI is InChI=1S/C27H27N3O3S/c1-19-8-10-20(11-9-19)24-18-29-27(33-24)22-6-3-2-5-21(22)26(31)28-17-23(25-7-4-16-34-25)30-12-14-32-15-13-30/h2-11,16,18,23H,12-15,17H2,1H3,(H,28,31). The Morgan fingerprint density at radius 2 is 1.88 bits per heavy atom. The molecule has 1 amide bonds. The predicted octanol–water partition coefficient (Wildman–Crippen LogP) is 5.18. The van der Waals surface area contributed by atoms with Gasteiger partial charge >= 0.3 is 0 Å². The van der Waals surface area contributed by atoms with Gasteiger partial charge < -0.3 is 14.5 Å². The van der Waals surface area contributed by atoms with Gasteiger partial charge in [0.25, 0.3) is 5.91 Å². The fourth-order valence-corrected chi connectivity index (χ4v) is 5.04. The summed E-state index contributed by atoms with van der Waals surface area (Å²) in [5, 5.41) is 5.23. The molecule has 1 aliphatic heterocycles. The molecule has 1 saturated heterocycles. The topological polar surface area (TPSA) is 67.6 Å². The van der Waals surface area contributed by atoms with Gasteiger partial charge in [0.15, 0.2) is 5.76 Å². The Morgan fingerprint density at radius 1 is 1.09 bits per heavy atom. The molecular formula is C27H27N3O3S. The van der Waals surface area contributed by atoms with E-state index in [1.165, 1.54) is 10.4 Å². The summed E-state index contributed by atoms with van der Waals surface area (Å²) in [6, 6.07) is 19.8. The van der Waals surface area contributed by atoms with E-state index in [2.05, 4.69) is 32.7 Å². The van der Waals surface area contributed by atoms with Crippen molar-refractivity contribution in [2.24, 2.45) is 0 Å². The Balaban J connectivity index is 1.35. The number of rotatable bonds is 7. The van der Waals surface area contributed by atoms with E-state index in [9.17, 15) is 4.79 Å². The second kappa shape index (κ2) is 10.3. The molecule has 0 aliphatic carbocycles. The highest BCUT2D eigenvalue weighted by molar-refractivity contribution is 7.10. The molecule has 4 aromatic rings. The lowest BCUT2D eigenvalue weighted by Gasteiger charge is -2.34. The SMILES string of the molecule is Cc1ccc(-c2cnc(-c3ccccc3C(=O)NCC(c3cccs3)N3CCOCC3)o2)cc1. The smallest absolute Gasteiger partial charge is 0.252 e. The molecule has 7 heteroatoms. The number of oxazole rings is 1. The van der Waals surface area contributed by atoms with Gasteiger partial charge in [-0.15, -0.1) is 11.3 Å². The van der Waals surface area contributed by atoms with E-state index >= 15 is 0 Å². The van der Waals surface area contributed by atoms with E-state index in [1.54, 1.807) is 17.5 Å². The number of hydrogen-bond acceptors (Lipinski definition) is 6. The average Bonchev–Trinajstić information content (AvgIpc) is 3.58. The molecule has 5 rings (SSSR count). The molecule has 2 aromatic carbocycles. The van der Waals surface area contributed by atoms with Gasteiger partial charge in [0.2, 0.25) is 5.89 Å². The monoisotopic (exact) mass is 473 g/mol. The largest absolute Gasteiger partial charge is 0.436 e. The number of aryl methyl sites for hydroxylation is 1. The summed E-state index contributed by atoms with van der Waals surface area (Å²) in [4.78, 5) is 21.4. The molecule has 0 spiro atoms. The second-order valence-corrected chi connectivity index (χ2v) is 9.31. The number of hydrogen-bond donors (Lipinski definition) is 1. The van der Waals surface area contributed by atoms with Gasteiger partial charge in [-0.25, -0.2) is 4.98 Å². The fraction of sp³-hybridized carbons (Fsp3) is 0.259. The van der Waals surface area contributed by atoms with Crippen molar-refractivity contribution in [1.29, 1.82) is 0 Å². The molecule has 34 heavy (non-hydrogen) atoms. The van der Waals surface area contributed by atoms with Crippen molar-refractivity contribution >= 4 is 17.2 Å². The van der Waals surface area contributed by atoms with Crippen LogP contribution in [0.2, 0.25) is 0 Å². The van der Waals surface area contributed by atoms with E-state index < -0.39 is 0 Å². The maximum absolute atomic E-state index is 13.3. The number of aromatic nitrogens is 1. The van der Waals surface area contributed by atoms with Crippen LogP contribution in [0.15, 0.2) is 76.7 Å². The Hall–Kier alpha value is -3.26. The van der Waals surface area contributed by atoms with Gasteiger partial charge in [-0.3, -0.25) is 9.69 Å². The minimum absolute atomic E-state index is 0.120. The van der Waals surface area contributed by atoms with E-state index in [-0.39, 0.29) is 11.9 Å². The molecule has 0 bridgehead atoms.